The molecule has 1 fully saturated rings. The molecule has 3 rings (SSSR count). The number of anilines is 2. The summed E-state index contributed by atoms with van der Waals surface area (Å²) in [7, 11) is 0. The van der Waals surface area contributed by atoms with E-state index in [1.54, 1.807) is 0 Å². The van der Waals surface area contributed by atoms with E-state index in [-0.39, 0.29) is 12.1 Å². The van der Waals surface area contributed by atoms with Crippen molar-refractivity contribution >= 4 is 23.4 Å². The van der Waals surface area contributed by atoms with Crippen LogP contribution in [0.5, 0.6) is 0 Å². The van der Waals surface area contributed by atoms with Crippen LogP contribution in [0.25, 0.3) is 0 Å². The van der Waals surface area contributed by atoms with E-state index in [1.165, 1.54) is 11.1 Å². The summed E-state index contributed by atoms with van der Waals surface area (Å²) in [6.07, 6.45) is 4.34. The minimum Gasteiger partial charge on any atom is -0.338 e. The molecule has 1 aliphatic rings. The third-order valence-electron chi connectivity index (χ3n) is 6.66. The maximum Gasteiger partial charge on any atom is 0.319 e. The molecule has 6 nitrogen and oxygen atoms in total. The van der Waals surface area contributed by atoms with Crippen LogP contribution in [0.3, 0.4) is 0 Å². The van der Waals surface area contributed by atoms with Crippen molar-refractivity contribution in [2.75, 3.05) is 23.7 Å². The SMILES string of the molecule is CC(C)c1ccc(NC(=O)NC[C@H]2CCC[C@H](CNC(=O)Nc3ccc(C(C)C)cc3)C2)cc1. The Bertz CT molecular complexity index is 847. The molecule has 2 aromatic carbocycles. The van der Waals surface area contributed by atoms with Crippen LogP contribution < -0.4 is 21.3 Å². The normalized spacial score (nSPS) is 17.9. The summed E-state index contributed by atoms with van der Waals surface area (Å²) in [5.41, 5.74) is 4.12. The lowest BCUT2D eigenvalue weighted by atomic mass is 9.81. The largest absolute Gasteiger partial charge is 0.338 e. The molecule has 2 aromatic rings. The first kappa shape index (κ1) is 25.6. The van der Waals surface area contributed by atoms with Crippen LogP contribution in [0.2, 0.25) is 0 Å². The molecule has 184 valence electrons. The molecule has 0 bridgehead atoms. The highest BCUT2D eigenvalue weighted by Crippen LogP contribution is 2.28. The van der Waals surface area contributed by atoms with Gasteiger partial charge in [0.05, 0.1) is 0 Å². The molecular weight excluding hydrogens is 424 g/mol. The topological polar surface area (TPSA) is 82.3 Å². The summed E-state index contributed by atoms with van der Waals surface area (Å²) >= 11 is 0. The van der Waals surface area contributed by atoms with E-state index in [0.717, 1.165) is 37.1 Å². The highest BCUT2D eigenvalue weighted by atomic mass is 16.2. The molecule has 2 atom stereocenters. The van der Waals surface area contributed by atoms with Crippen molar-refractivity contribution in [3.63, 3.8) is 0 Å². The Kier molecular flexibility index (Phi) is 9.37. The summed E-state index contributed by atoms with van der Waals surface area (Å²) < 4.78 is 0. The van der Waals surface area contributed by atoms with Gasteiger partial charge in [-0.25, -0.2) is 9.59 Å². The van der Waals surface area contributed by atoms with Gasteiger partial charge in [0.25, 0.3) is 0 Å². The maximum atomic E-state index is 12.3. The van der Waals surface area contributed by atoms with Gasteiger partial charge in [-0.05, 0) is 78.3 Å². The van der Waals surface area contributed by atoms with Gasteiger partial charge in [-0.3, -0.25) is 0 Å². The lowest BCUT2D eigenvalue weighted by Gasteiger charge is -2.29. The number of urea groups is 2. The maximum absolute atomic E-state index is 12.3. The molecular formula is C28H40N4O2. The van der Waals surface area contributed by atoms with Gasteiger partial charge in [0, 0.05) is 24.5 Å². The van der Waals surface area contributed by atoms with Gasteiger partial charge in [0.15, 0.2) is 0 Å². The van der Waals surface area contributed by atoms with Crippen molar-refractivity contribution in [1.29, 1.82) is 0 Å². The Morgan fingerprint density at radius 1 is 0.706 bits per heavy atom. The van der Waals surface area contributed by atoms with Gasteiger partial charge in [-0.1, -0.05) is 58.4 Å². The zero-order valence-electron chi connectivity index (χ0n) is 21.0. The van der Waals surface area contributed by atoms with Gasteiger partial charge < -0.3 is 21.3 Å². The smallest absolute Gasteiger partial charge is 0.319 e. The van der Waals surface area contributed by atoms with Crippen molar-refractivity contribution in [3.05, 3.63) is 59.7 Å². The molecule has 4 amide bonds. The van der Waals surface area contributed by atoms with Gasteiger partial charge in [0.2, 0.25) is 0 Å². The number of nitrogens with one attached hydrogen (secondary N) is 4. The van der Waals surface area contributed by atoms with E-state index in [9.17, 15) is 9.59 Å². The number of benzene rings is 2. The molecule has 34 heavy (non-hydrogen) atoms. The number of amides is 4. The van der Waals surface area contributed by atoms with Crippen LogP contribution in [0.4, 0.5) is 21.0 Å². The molecule has 0 heterocycles. The summed E-state index contributed by atoms with van der Waals surface area (Å²) in [5.74, 6) is 1.81. The molecule has 0 aliphatic heterocycles. The molecule has 4 N–H and O–H groups in total. The molecule has 0 saturated heterocycles. The van der Waals surface area contributed by atoms with Crippen LogP contribution in [-0.4, -0.2) is 25.2 Å². The quantitative estimate of drug-likeness (QED) is 0.351. The van der Waals surface area contributed by atoms with E-state index in [4.69, 9.17) is 0 Å². The second kappa shape index (κ2) is 12.4. The van der Waals surface area contributed by atoms with Crippen LogP contribution in [0.1, 0.15) is 76.3 Å². The van der Waals surface area contributed by atoms with Crippen molar-refractivity contribution in [3.8, 4) is 0 Å². The van der Waals surface area contributed by atoms with E-state index in [1.807, 2.05) is 24.3 Å². The Morgan fingerprint density at radius 3 is 1.44 bits per heavy atom. The molecule has 0 unspecified atom stereocenters. The second-order valence-corrected chi connectivity index (χ2v) is 10.1. The van der Waals surface area contributed by atoms with E-state index >= 15 is 0 Å². The lowest BCUT2D eigenvalue weighted by molar-refractivity contribution is 0.230. The molecule has 6 heteroatoms. The number of rotatable bonds is 8. The molecule has 1 aliphatic carbocycles. The number of carbonyl (C=O) groups is 2. The first-order valence-corrected chi connectivity index (χ1v) is 12.6. The minimum absolute atomic E-state index is 0.166. The summed E-state index contributed by atoms with van der Waals surface area (Å²) in [6.45, 7) is 9.92. The van der Waals surface area contributed by atoms with Gasteiger partial charge in [-0.15, -0.1) is 0 Å². The lowest BCUT2D eigenvalue weighted by Crippen LogP contribution is -2.38. The number of carbonyl (C=O) groups excluding carboxylic acids is 2. The first-order chi connectivity index (χ1) is 16.3. The monoisotopic (exact) mass is 464 g/mol. The summed E-state index contributed by atoms with van der Waals surface area (Å²) in [5, 5.41) is 11.9. The average molecular weight is 465 g/mol. The van der Waals surface area contributed by atoms with Crippen molar-refractivity contribution < 1.29 is 9.59 Å². The van der Waals surface area contributed by atoms with Crippen LogP contribution >= 0.6 is 0 Å². The van der Waals surface area contributed by atoms with Crippen molar-refractivity contribution in [2.45, 2.75) is 65.2 Å². The van der Waals surface area contributed by atoms with Crippen molar-refractivity contribution in [2.24, 2.45) is 11.8 Å². The molecule has 0 spiro atoms. The summed E-state index contributed by atoms with van der Waals surface area (Å²) in [6, 6.07) is 15.7. The van der Waals surface area contributed by atoms with Crippen molar-refractivity contribution in [1.82, 2.24) is 10.6 Å². The Morgan fingerprint density at radius 2 is 1.09 bits per heavy atom. The van der Waals surface area contributed by atoms with Crippen LogP contribution in [-0.2, 0) is 0 Å². The minimum atomic E-state index is -0.166. The number of hydrogen-bond donors (Lipinski definition) is 4. The molecule has 1 saturated carbocycles. The van der Waals surface area contributed by atoms with Crippen LogP contribution in [0, 0.1) is 11.8 Å². The molecule has 0 radical (unpaired) electrons. The fraction of sp³-hybridized carbons (Fsp3) is 0.500. The zero-order chi connectivity index (χ0) is 24.5. The third-order valence-corrected chi connectivity index (χ3v) is 6.66. The Hall–Kier alpha value is -3.02. The Balaban J connectivity index is 1.36. The van der Waals surface area contributed by atoms with E-state index in [2.05, 4.69) is 73.2 Å². The Labute approximate surface area is 204 Å². The highest BCUT2D eigenvalue weighted by Gasteiger charge is 2.23. The fourth-order valence-corrected chi connectivity index (χ4v) is 4.50. The van der Waals surface area contributed by atoms with Gasteiger partial charge in [0.1, 0.15) is 0 Å². The fourth-order valence-electron chi connectivity index (χ4n) is 4.50. The van der Waals surface area contributed by atoms with Gasteiger partial charge in [-0.2, -0.15) is 0 Å². The van der Waals surface area contributed by atoms with Crippen LogP contribution in [0.15, 0.2) is 48.5 Å². The highest BCUT2D eigenvalue weighted by molar-refractivity contribution is 5.89. The first-order valence-electron chi connectivity index (χ1n) is 12.6. The zero-order valence-corrected chi connectivity index (χ0v) is 21.0. The second-order valence-electron chi connectivity index (χ2n) is 10.1. The third kappa shape index (κ3) is 8.08. The molecule has 0 aromatic heterocycles. The number of hydrogen-bond acceptors (Lipinski definition) is 2. The summed E-state index contributed by atoms with van der Waals surface area (Å²) in [4.78, 5) is 24.6. The van der Waals surface area contributed by atoms with Gasteiger partial charge >= 0.3 is 12.1 Å². The standard InChI is InChI=1S/C28H40N4O2/c1-19(2)23-8-12-25(13-9-23)31-27(33)29-17-21-6-5-7-22(16-21)18-30-28(34)32-26-14-10-24(11-15-26)20(3)4/h8-15,19-22H,5-7,16-18H2,1-4H3,(H2,29,31,33)(H2,30,32,34)/t21-,22-/m0/s1. The predicted octanol–water partition coefficient (Wildman–Crippen LogP) is 6.68. The van der Waals surface area contributed by atoms with E-state index in [0.29, 0.717) is 36.8 Å². The average Bonchev–Trinajstić information content (AvgIpc) is 2.82. The van der Waals surface area contributed by atoms with E-state index < -0.39 is 0 Å². The predicted molar refractivity (Wildman–Crippen MR) is 141 cm³/mol.